The zero-order chi connectivity index (χ0) is 15.1. The highest BCUT2D eigenvalue weighted by atomic mass is 16.5. The topological polar surface area (TPSA) is 87.5 Å². The first-order valence-electron chi connectivity index (χ1n) is 6.59. The van der Waals surface area contributed by atoms with Crippen molar-refractivity contribution in [3.05, 3.63) is 11.8 Å². The van der Waals surface area contributed by atoms with E-state index in [0.29, 0.717) is 30.6 Å². The molecule has 0 aliphatic carbocycles. The Kier molecular flexibility index (Phi) is 6.17. The molecule has 7 heteroatoms. The number of hydrogen-bond acceptors (Lipinski definition) is 5. The normalized spacial score (nSPS) is 10.7. The van der Waals surface area contributed by atoms with Crippen LogP contribution in [-0.2, 0) is 9.59 Å². The number of aromatic nitrogens is 1. The summed E-state index contributed by atoms with van der Waals surface area (Å²) in [4.78, 5) is 24.9. The largest absolute Gasteiger partial charge is 0.360 e. The Labute approximate surface area is 118 Å². The second-order valence-corrected chi connectivity index (χ2v) is 4.98. The van der Waals surface area contributed by atoms with Crippen LogP contribution in [0.25, 0.3) is 0 Å². The van der Waals surface area contributed by atoms with Gasteiger partial charge in [-0.1, -0.05) is 19.0 Å². The summed E-state index contributed by atoms with van der Waals surface area (Å²) in [5.41, 5.74) is 0. The van der Waals surface area contributed by atoms with Crippen LogP contribution in [-0.4, -0.2) is 48.0 Å². The molecule has 0 aromatic carbocycles. The van der Waals surface area contributed by atoms with Gasteiger partial charge in [0.25, 0.3) is 0 Å². The Morgan fingerprint density at radius 3 is 2.70 bits per heavy atom. The molecule has 0 aliphatic rings. The summed E-state index contributed by atoms with van der Waals surface area (Å²) in [7, 11) is 1.60. The minimum Gasteiger partial charge on any atom is -0.360 e. The van der Waals surface area contributed by atoms with Crippen LogP contribution in [0.1, 0.15) is 26.0 Å². The smallest absolute Gasteiger partial charge is 0.245 e. The van der Waals surface area contributed by atoms with Gasteiger partial charge in [-0.25, -0.2) is 0 Å². The molecule has 1 heterocycles. The molecule has 0 bridgehead atoms. The quantitative estimate of drug-likeness (QED) is 0.771. The molecule has 7 nitrogen and oxygen atoms in total. The number of nitrogens with zero attached hydrogens (tertiary/aromatic N) is 2. The Bertz CT molecular complexity index is 456. The lowest BCUT2D eigenvalue weighted by Gasteiger charge is -2.17. The molecular formula is C13H22N4O3. The monoisotopic (exact) mass is 282 g/mol. The molecule has 0 atom stereocenters. The van der Waals surface area contributed by atoms with Crippen LogP contribution >= 0.6 is 0 Å². The van der Waals surface area contributed by atoms with Crippen LogP contribution in [0.4, 0.5) is 5.82 Å². The van der Waals surface area contributed by atoms with Crippen molar-refractivity contribution in [1.29, 1.82) is 0 Å². The molecule has 2 N–H and O–H groups in total. The molecule has 1 aromatic rings. The molecule has 0 fully saturated rings. The minimum absolute atomic E-state index is 0.00752. The van der Waals surface area contributed by atoms with Crippen LogP contribution in [0.3, 0.4) is 0 Å². The van der Waals surface area contributed by atoms with Gasteiger partial charge in [0.15, 0.2) is 5.82 Å². The van der Waals surface area contributed by atoms with Crippen LogP contribution < -0.4 is 10.6 Å². The molecule has 20 heavy (non-hydrogen) atoms. The van der Waals surface area contributed by atoms with Crippen LogP contribution in [0.15, 0.2) is 10.6 Å². The van der Waals surface area contributed by atoms with E-state index < -0.39 is 0 Å². The van der Waals surface area contributed by atoms with Crippen LogP contribution in [0, 0.1) is 6.92 Å². The zero-order valence-electron chi connectivity index (χ0n) is 12.4. The van der Waals surface area contributed by atoms with E-state index in [1.165, 1.54) is 4.90 Å². The van der Waals surface area contributed by atoms with Crippen LogP contribution in [0.2, 0.25) is 0 Å². The average molecular weight is 282 g/mol. The third kappa shape index (κ3) is 5.83. The van der Waals surface area contributed by atoms with Crippen molar-refractivity contribution in [2.45, 2.75) is 33.2 Å². The summed E-state index contributed by atoms with van der Waals surface area (Å²) in [5.74, 6) is 0.593. The maximum absolute atomic E-state index is 11.8. The predicted molar refractivity (Wildman–Crippen MR) is 75.3 cm³/mol. The fourth-order valence-corrected chi connectivity index (χ4v) is 1.57. The Hall–Kier alpha value is -1.89. The van der Waals surface area contributed by atoms with E-state index in [1.54, 1.807) is 20.0 Å². The van der Waals surface area contributed by atoms with Gasteiger partial charge in [0.2, 0.25) is 11.8 Å². The van der Waals surface area contributed by atoms with E-state index in [-0.39, 0.29) is 18.4 Å². The molecule has 0 saturated heterocycles. The first-order chi connectivity index (χ1) is 9.38. The number of rotatable bonds is 7. The van der Waals surface area contributed by atoms with Gasteiger partial charge < -0.3 is 20.1 Å². The molecule has 1 rings (SSSR count). The van der Waals surface area contributed by atoms with Gasteiger partial charge in [0.05, 0.1) is 6.54 Å². The molecule has 2 amide bonds. The summed E-state index contributed by atoms with van der Waals surface area (Å²) in [6, 6.07) is 1.96. The lowest BCUT2D eigenvalue weighted by Crippen LogP contribution is -2.37. The summed E-state index contributed by atoms with van der Waals surface area (Å²) < 4.78 is 4.84. The second-order valence-electron chi connectivity index (χ2n) is 4.98. The summed E-state index contributed by atoms with van der Waals surface area (Å²) in [6.45, 7) is 6.36. The van der Waals surface area contributed by atoms with Gasteiger partial charge in [0, 0.05) is 32.1 Å². The van der Waals surface area contributed by atoms with Crippen molar-refractivity contribution >= 4 is 17.6 Å². The lowest BCUT2D eigenvalue weighted by molar-refractivity contribution is -0.133. The van der Waals surface area contributed by atoms with E-state index in [0.717, 1.165) is 0 Å². The first-order valence-corrected chi connectivity index (χ1v) is 6.59. The van der Waals surface area contributed by atoms with Crippen molar-refractivity contribution in [3.8, 4) is 0 Å². The number of amides is 2. The van der Waals surface area contributed by atoms with Crippen molar-refractivity contribution in [2.75, 3.05) is 25.5 Å². The maximum Gasteiger partial charge on any atom is 0.245 e. The predicted octanol–water partition coefficient (Wildman–Crippen LogP) is 0.768. The third-order valence-electron chi connectivity index (χ3n) is 2.59. The fourth-order valence-electron chi connectivity index (χ4n) is 1.57. The van der Waals surface area contributed by atoms with Gasteiger partial charge in [-0.3, -0.25) is 9.59 Å². The lowest BCUT2D eigenvalue weighted by atomic mass is 10.3. The average Bonchev–Trinajstić information content (AvgIpc) is 2.73. The Morgan fingerprint density at radius 2 is 2.15 bits per heavy atom. The van der Waals surface area contributed by atoms with Gasteiger partial charge in [-0.15, -0.1) is 0 Å². The molecule has 0 saturated carbocycles. The summed E-state index contributed by atoms with van der Waals surface area (Å²) >= 11 is 0. The summed E-state index contributed by atoms with van der Waals surface area (Å²) in [6.07, 6.45) is 0.366. The van der Waals surface area contributed by atoms with Crippen molar-refractivity contribution in [1.82, 2.24) is 15.4 Å². The number of aryl methyl sites for hydroxylation is 1. The maximum atomic E-state index is 11.8. The standard InChI is InChI=1S/C13H22N4O3/c1-9(2)14-6-5-13(19)17(4)8-12(18)15-11-7-10(3)20-16-11/h7,9,14H,5-6,8H2,1-4H3,(H,15,16,18). The molecule has 0 spiro atoms. The number of hydrogen-bond donors (Lipinski definition) is 2. The van der Waals surface area contributed by atoms with Gasteiger partial charge in [-0.05, 0) is 6.92 Å². The Balaban J connectivity index is 2.31. The fraction of sp³-hybridized carbons (Fsp3) is 0.615. The highest BCUT2D eigenvalue weighted by Gasteiger charge is 2.14. The number of nitrogens with one attached hydrogen (secondary N) is 2. The molecule has 1 aromatic heterocycles. The molecular weight excluding hydrogens is 260 g/mol. The minimum atomic E-state index is -0.300. The summed E-state index contributed by atoms with van der Waals surface area (Å²) in [5, 5.41) is 9.38. The van der Waals surface area contributed by atoms with Gasteiger partial charge >= 0.3 is 0 Å². The molecule has 0 aliphatic heterocycles. The number of carbonyl (C=O) groups is 2. The first kappa shape index (κ1) is 16.2. The van der Waals surface area contributed by atoms with E-state index >= 15 is 0 Å². The van der Waals surface area contributed by atoms with E-state index in [2.05, 4.69) is 15.8 Å². The SMILES string of the molecule is Cc1cc(NC(=O)CN(C)C(=O)CCNC(C)C)no1. The number of carbonyl (C=O) groups excluding carboxylic acids is 2. The van der Waals surface area contributed by atoms with Crippen molar-refractivity contribution < 1.29 is 14.1 Å². The van der Waals surface area contributed by atoms with Crippen molar-refractivity contribution in [2.24, 2.45) is 0 Å². The Morgan fingerprint density at radius 1 is 1.45 bits per heavy atom. The van der Waals surface area contributed by atoms with E-state index in [1.807, 2.05) is 13.8 Å². The van der Waals surface area contributed by atoms with E-state index in [9.17, 15) is 9.59 Å². The highest BCUT2D eigenvalue weighted by Crippen LogP contribution is 2.06. The second kappa shape index (κ2) is 7.64. The molecule has 112 valence electrons. The number of likely N-dealkylation sites (N-methyl/N-ethyl adjacent to an activating group) is 1. The van der Waals surface area contributed by atoms with Crippen LogP contribution in [0.5, 0.6) is 0 Å². The number of anilines is 1. The van der Waals surface area contributed by atoms with Gasteiger partial charge in [-0.2, -0.15) is 0 Å². The molecule has 0 unspecified atom stereocenters. The van der Waals surface area contributed by atoms with Gasteiger partial charge in [0.1, 0.15) is 5.76 Å². The molecule has 0 radical (unpaired) electrons. The zero-order valence-corrected chi connectivity index (χ0v) is 12.4. The highest BCUT2D eigenvalue weighted by molar-refractivity contribution is 5.93. The van der Waals surface area contributed by atoms with E-state index in [4.69, 9.17) is 4.52 Å². The van der Waals surface area contributed by atoms with Crippen molar-refractivity contribution in [3.63, 3.8) is 0 Å². The third-order valence-corrected chi connectivity index (χ3v) is 2.59.